The van der Waals surface area contributed by atoms with Gasteiger partial charge in [-0.15, -0.1) is 0 Å². The van der Waals surface area contributed by atoms with Crippen molar-refractivity contribution in [3.05, 3.63) is 0 Å². The van der Waals surface area contributed by atoms with Gasteiger partial charge in [0, 0.05) is 71.9 Å². The second kappa shape index (κ2) is 14.4. The minimum absolute atomic E-state index is 0.0490. The number of amides is 2. The van der Waals surface area contributed by atoms with E-state index in [-0.39, 0.29) is 24.7 Å². The minimum atomic E-state index is -1.00. The lowest BCUT2D eigenvalue weighted by Gasteiger charge is -2.23. The van der Waals surface area contributed by atoms with Gasteiger partial charge in [-0.1, -0.05) is 0 Å². The Morgan fingerprint density at radius 2 is 1.27 bits per heavy atom. The zero-order valence-electron chi connectivity index (χ0n) is 15.3. The first-order valence-corrected chi connectivity index (χ1v) is 9.17. The van der Waals surface area contributed by atoms with Crippen molar-refractivity contribution >= 4 is 17.8 Å². The number of nitrogens with zero attached hydrogens (tertiary/aromatic N) is 1. The number of hydrogen-bond acceptors (Lipinski definition) is 7. The first-order valence-electron chi connectivity index (χ1n) is 9.17. The van der Waals surface area contributed by atoms with E-state index in [9.17, 15) is 14.4 Å². The van der Waals surface area contributed by atoms with Crippen molar-refractivity contribution in [2.24, 2.45) is 0 Å². The third-order valence-electron chi connectivity index (χ3n) is 3.87. The zero-order valence-corrected chi connectivity index (χ0v) is 15.3. The normalized spacial score (nSPS) is 17.5. The van der Waals surface area contributed by atoms with E-state index in [1.165, 1.54) is 0 Å². The summed E-state index contributed by atoms with van der Waals surface area (Å²) in [7, 11) is 0. The van der Waals surface area contributed by atoms with Gasteiger partial charge in [-0.2, -0.15) is 0 Å². The average molecular weight is 372 g/mol. The molecule has 0 radical (unpaired) electrons. The van der Waals surface area contributed by atoms with E-state index in [0.717, 1.165) is 52.4 Å². The van der Waals surface area contributed by atoms with Crippen molar-refractivity contribution in [1.29, 1.82) is 0 Å². The van der Waals surface area contributed by atoms with Crippen molar-refractivity contribution in [1.82, 2.24) is 31.5 Å². The predicted molar refractivity (Wildman–Crippen MR) is 97.9 cm³/mol. The summed E-state index contributed by atoms with van der Waals surface area (Å²) in [6.45, 7) is 7.84. The molecule has 1 aliphatic heterocycles. The molecule has 0 spiro atoms. The number of aliphatic carboxylic acids is 1. The van der Waals surface area contributed by atoms with Crippen molar-refractivity contribution in [3.8, 4) is 0 Å². The highest BCUT2D eigenvalue weighted by atomic mass is 16.4. The van der Waals surface area contributed by atoms with E-state index in [1.807, 2.05) is 0 Å². The van der Waals surface area contributed by atoms with Gasteiger partial charge in [-0.25, -0.2) is 0 Å². The van der Waals surface area contributed by atoms with Crippen LogP contribution in [0.5, 0.6) is 0 Å². The molecule has 6 N–H and O–H groups in total. The lowest BCUT2D eigenvalue weighted by molar-refractivity contribution is -0.138. The summed E-state index contributed by atoms with van der Waals surface area (Å²) < 4.78 is 0. The summed E-state index contributed by atoms with van der Waals surface area (Å²) in [4.78, 5) is 35.9. The minimum Gasteiger partial charge on any atom is -0.481 e. The molecule has 2 amide bonds. The molecular formula is C16H32N6O4. The van der Waals surface area contributed by atoms with Gasteiger partial charge in [0.05, 0.1) is 13.0 Å². The molecule has 1 fully saturated rings. The maximum absolute atomic E-state index is 12.1. The van der Waals surface area contributed by atoms with E-state index >= 15 is 0 Å². The SMILES string of the molecule is O=C(O)CCC(=O)NCCNC(=O)CN1CCNCCNCCNCC1. The monoisotopic (exact) mass is 372 g/mol. The van der Waals surface area contributed by atoms with E-state index in [1.54, 1.807) is 0 Å². The number of rotatable bonds is 8. The lowest BCUT2D eigenvalue weighted by Crippen LogP contribution is -2.46. The van der Waals surface area contributed by atoms with Crippen LogP contribution in [0.2, 0.25) is 0 Å². The molecular weight excluding hydrogens is 340 g/mol. The number of carbonyl (C=O) groups excluding carboxylic acids is 2. The van der Waals surface area contributed by atoms with Gasteiger partial charge in [0.15, 0.2) is 0 Å². The van der Waals surface area contributed by atoms with Crippen LogP contribution in [0.25, 0.3) is 0 Å². The fraction of sp³-hybridized carbons (Fsp3) is 0.812. The smallest absolute Gasteiger partial charge is 0.303 e. The summed E-state index contributed by atoms with van der Waals surface area (Å²) >= 11 is 0. The third-order valence-corrected chi connectivity index (χ3v) is 3.87. The van der Waals surface area contributed by atoms with Crippen molar-refractivity contribution in [2.45, 2.75) is 12.8 Å². The fourth-order valence-electron chi connectivity index (χ4n) is 2.44. The van der Waals surface area contributed by atoms with E-state index in [0.29, 0.717) is 19.6 Å². The second-order valence-electron chi connectivity index (χ2n) is 6.12. The molecule has 0 atom stereocenters. The Bertz CT molecular complexity index is 423. The van der Waals surface area contributed by atoms with Crippen LogP contribution in [-0.2, 0) is 14.4 Å². The lowest BCUT2D eigenvalue weighted by atomic mass is 10.3. The van der Waals surface area contributed by atoms with Gasteiger partial charge >= 0.3 is 5.97 Å². The fourth-order valence-corrected chi connectivity index (χ4v) is 2.44. The quantitative estimate of drug-likeness (QED) is 0.251. The molecule has 1 saturated heterocycles. The summed E-state index contributed by atoms with van der Waals surface area (Å²) in [5.74, 6) is -1.41. The van der Waals surface area contributed by atoms with Crippen molar-refractivity contribution in [3.63, 3.8) is 0 Å². The Hall–Kier alpha value is -1.75. The van der Waals surface area contributed by atoms with Crippen LogP contribution in [0.3, 0.4) is 0 Å². The van der Waals surface area contributed by atoms with Gasteiger partial charge in [-0.3, -0.25) is 19.3 Å². The van der Waals surface area contributed by atoms with Gasteiger partial charge in [0.25, 0.3) is 0 Å². The molecule has 150 valence electrons. The summed E-state index contributed by atoms with van der Waals surface area (Å²) in [6.07, 6.45) is -0.238. The van der Waals surface area contributed by atoms with E-state index < -0.39 is 5.97 Å². The Kier molecular flexibility index (Phi) is 12.4. The number of hydrogen-bond donors (Lipinski definition) is 6. The summed E-state index contributed by atoms with van der Waals surface area (Å²) in [6, 6.07) is 0. The number of carbonyl (C=O) groups is 3. The van der Waals surface area contributed by atoms with Crippen LogP contribution in [0.4, 0.5) is 0 Å². The Balaban J connectivity index is 2.17. The van der Waals surface area contributed by atoms with Crippen LogP contribution >= 0.6 is 0 Å². The molecule has 10 heteroatoms. The Labute approximate surface area is 154 Å². The molecule has 1 aliphatic rings. The first kappa shape index (κ1) is 22.3. The topological polar surface area (TPSA) is 135 Å². The molecule has 0 unspecified atom stereocenters. The van der Waals surface area contributed by atoms with Gasteiger partial charge in [0.1, 0.15) is 0 Å². The highest BCUT2D eigenvalue weighted by Crippen LogP contribution is 1.89. The maximum atomic E-state index is 12.1. The van der Waals surface area contributed by atoms with E-state index in [2.05, 4.69) is 31.5 Å². The Morgan fingerprint density at radius 3 is 1.81 bits per heavy atom. The largest absolute Gasteiger partial charge is 0.481 e. The molecule has 0 aromatic carbocycles. The number of carboxylic acid groups (broad SMARTS) is 1. The average Bonchev–Trinajstić information content (AvgIpc) is 2.59. The predicted octanol–water partition coefficient (Wildman–Crippen LogP) is -2.83. The van der Waals surface area contributed by atoms with E-state index in [4.69, 9.17) is 5.11 Å². The zero-order chi connectivity index (χ0) is 19.0. The van der Waals surface area contributed by atoms with Gasteiger partial charge < -0.3 is 31.7 Å². The van der Waals surface area contributed by atoms with Crippen LogP contribution in [0, 0.1) is 0 Å². The molecule has 0 saturated carbocycles. The Morgan fingerprint density at radius 1 is 0.769 bits per heavy atom. The van der Waals surface area contributed by atoms with Crippen LogP contribution in [-0.4, -0.2) is 99.8 Å². The van der Waals surface area contributed by atoms with Gasteiger partial charge in [-0.05, 0) is 0 Å². The second-order valence-corrected chi connectivity index (χ2v) is 6.12. The standard InChI is InChI=1S/C16H32N6O4/c23-14(1-2-16(25)26)20-7-8-21-15(24)13-22-11-9-18-5-3-17-4-6-19-10-12-22/h17-19H,1-13H2,(H,20,23)(H,21,24)(H,25,26). The molecule has 0 aromatic heterocycles. The highest BCUT2D eigenvalue weighted by molar-refractivity contribution is 5.80. The summed E-state index contributed by atoms with van der Waals surface area (Å²) in [5, 5.41) is 23.9. The van der Waals surface area contributed by atoms with Crippen LogP contribution in [0.15, 0.2) is 0 Å². The maximum Gasteiger partial charge on any atom is 0.303 e. The third kappa shape index (κ3) is 12.6. The molecule has 26 heavy (non-hydrogen) atoms. The summed E-state index contributed by atoms with van der Waals surface area (Å²) in [5.41, 5.74) is 0. The molecule has 1 rings (SSSR count). The van der Waals surface area contributed by atoms with Crippen LogP contribution in [0.1, 0.15) is 12.8 Å². The van der Waals surface area contributed by atoms with Crippen molar-refractivity contribution in [2.75, 3.05) is 72.0 Å². The van der Waals surface area contributed by atoms with Crippen molar-refractivity contribution < 1.29 is 19.5 Å². The molecule has 1 heterocycles. The molecule has 0 bridgehead atoms. The first-order chi connectivity index (χ1) is 12.6. The number of carboxylic acids is 1. The van der Waals surface area contributed by atoms with Crippen LogP contribution < -0.4 is 26.6 Å². The molecule has 10 nitrogen and oxygen atoms in total. The van der Waals surface area contributed by atoms with Gasteiger partial charge in [0.2, 0.25) is 11.8 Å². The molecule has 0 aliphatic carbocycles. The highest BCUT2D eigenvalue weighted by Gasteiger charge is 2.11. The molecule has 0 aromatic rings. The number of nitrogens with one attached hydrogen (secondary N) is 5.